The summed E-state index contributed by atoms with van der Waals surface area (Å²) in [5, 5.41) is 12.4. The van der Waals surface area contributed by atoms with Crippen LogP contribution in [0.25, 0.3) is 11.1 Å². The van der Waals surface area contributed by atoms with E-state index in [1.54, 1.807) is 37.3 Å². The summed E-state index contributed by atoms with van der Waals surface area (Å²) in [7, 11) is 0. The molecule has 0 aliphatic carbocycles. The molecule has 176 valence electrons. The smallest absolute Gasteiger partial charge is 0.373 e. The Hall–Kier alpha value is -3.14. The van der Waals surface area contributed by atoms with Gasteiger partial charge in [0.25, 0.3) is 0 Å². The molecule has 1 heterocycles. The van der Waals surface area contributed by atoms with Crippen LogP contribution in [0.3, 0.4) is 0 Å². The summed E-state index contributed by atoms with van der Waals surface area (Å²) in [5.74, 6) is 0. The third-order valence-electron chi connectivity index (χ3n) is 6.66. The maximum absolute atomic E-state index is 13.7. The molecule has 0 unspecified atom stereocenters. The van der Waals surface area contributed by atoms with Gasteiger partial charge in [0.2, 0.25) is 0 Å². The highest BCUT2D eigenvalue weighted by atomic mass is 19.4. The SMILES string of the molecule is C[C@@H](OCC1(c2ccccc2)CCNCC1)c1cc(-c2ccc(C#N)cc2)cc(C(F)(F)F)c1. The van der Waals surface area contributed by atoms with Crippen molar-refractivity contribution >= 4 is 0 Å². The molecule has 0 radical (unpaired) electrons. The van der Waals surface area contributed by atoms with Crippen molar-refractivity contribution in [1.82, 2.24) is 5.32 Å². The lowest BCUT2D eigenvalue weighted by Crippen LogP contribution is -2.43. The van der Waals surface area contributed by atoms with Crippen molar-refractivity contribution in [3.8, 4) is 17.2 Å². The van der Waals surface area contributed by atoms with Crippen LogP contribution in [0.1, 0.15) is 48.1 Å². The zero-order valence-electron chi connectivity index (χ0n) is 19.0. The van der Waals surface area contributed by atoms with E-state index in [4.69, 9.17) is 10.00 Å². The summed E-state index contributed by atoms with van der Waals surface area (Å²) < 4.78 is 47.4. The number of alkyl halides is 3. The number of hydrogen-bond donors (Lipinski definition) is 1. The van der Waals surface area contributed by atoms with Crippen molar-refractivity contribution in [1.29, 1.82) is 5.26 Å². The predicted octanol–water partition coefficient (Wildman–Crippen LogP) is 6.64. The normalized spacial score (nSPS) is 16.6. The third kappa shape index (κ3) is 5.32. The molecule has 1 saturated heterocycles. The van der Waals surface area contributed by atoms with E-state index >= 15 is 0 Å². The van der Waals surface area contributed by atoms with Gasteiger partial charge in [-0.05, 0) is 85.4 Å². The van der Waals surface area contributed by atoms with Gasteiger partial charge < -0.3 is 10.1 Å². The highest BCUT2D eigenvalue weighted by molar-refractivity contribution is 5.66. The molecule has 1 N–H and O–H groups in total. The van der Waals surface area contributed by atoms with Crippen molar-refractivity contribution < 1.29 is 17.9 Å². The first-order chi connectivity index (χ1) is 16.3. The Kier molecular flexibility index (Phi) is 7.06. The standard InChI is InChI=1S/C28H27F3N2O/c1-20(34-19-27(11-13-33-14-12-27)25-5-3-2-4-6-25)23-15-24(17-26(16-23)28(29,30)31)22-9-7-21(18-32)8-10-22/h2-10,15-17,20,33H,11-14,19H2,1H3/t20-/m1/s1. The first-order valence-electron chi connectivity index (χ1n) is 11.4. The summed E-state index contributed by atoms with van der Waals surface area (Å²) in [6.07, 6.45) is -3.18. The maximum Gasteiger partial charge on any atom is 0.416 e. The summed E-state index contributed by atoms with van der Waals surface area (Å²) in [4.78, 5) is 0. The van der Waals surface area contributed by atoms with Crippen LogP contribution < -0.4 is 5.32 Å². The Labute approximate surface area is 198 Å². The molecule has 34 heavy (non-hydrogen) atoms. The average molecular weight is 465 g/mol. The molecule has 0 spiro atoms. The minimum absolute atomic E-state index is 0.168. The number of hydrogen-bond acceptors (Lipinski definition) is 3. The maximum atomic E-state index is 13.7. The van der Waals surface area contributed by atoms with Crippen molar-refractivity contribution in [3.05, 3.63) is 95.1 Å². The van der Waals surface area contributed by atoms with Gasteiger partial charge in [-0.1, -0.05) is 42.5 Å². The van der Waals surface area contributed by atoms with E-state index in [0.717, 1.165) is 32.0 Å². The molecule has 6 heteroatoms. The minimum atomic E-state index is -4.47. The van der Waals surface area contributed by atoms with Gasteiger partial charge in [-0.15, -0.1) is 0 Å². The molecule has 0 bridgehead atoms. The molecule has 0 saturated carbocycles. The van der Waals surface area contributed by atoms with Crippen LogP contribution in [0.4, 0.5) is 13.2 Å². The van der Waals surface area contributed by atoms with Gasteiger partial charge in [-0.3, -0.25) is 0 Å². The Bertz CT molecular complexity index is 1150. The van der Waals surface area contributed by atoms with E-state index in [1.165, 1.54) is 11.6 Å². The average Bonchev–Trinajstić information content (AvgIpc) is 2.87. The first kappa shape index (κ1) is 24.0. The lowest BCUT2D eigenvalue weighted by atomic mass is 9.74. The number of nitrogens with one attached hydrogen (secondary N) is 1. The van der Waals surface area contributed by atoms with Crippen LogP contribution in [0.2, 0.25) is 0 Å². The fourth-order valence-corrected chi connectivity index (χ4v) is 4.55. The molecule has 1 fully saturated rings. The summed E-state index contributed by atoms with van der Waals surface area (Å²) >= 11 is 0. The molecule has 3 aromatic carbocycles. The second kappa shape index (κ2) is 10.0. The zero-order chi connectivity index (χ0) is 24.2. The fraction of sp³-hybridized carbons (Fsp3) is 0.321. The Balaban J connectivity index is 1.62. The number of rotatable bonds is 6. The Morgan fingerprint density at radius 2 is 1.65 bits per heavy atom. The minimum Gasteiger partial charge on any atom is -0.373 e. The van der Waals surface area contributed by atoms with Gasteiger partial charge in [-0.25, -0.2) is 0 Å². The van der Waals surface area contributed by atoms with Crippen molar-refractivity contribution in [3.63, 3.8) is 0 Å². The predicted molar refractivity (Wildman–Crippen MR) is 126 cm³/mol. The second-order valence-corrected chi connectivity index (χ2v) is 8.88. The van der Waals surface area contributed by atoms with E-state index in [1.807, 2.05) is 24.3 Å². The topological polar surface area (TPSA) is 45.0 Å². The molecule has 3 nitrogen and oxygen atoms in total. The monoisotopic (exact) mass is 464 g/mol. The van der Waals surface area contributed by atoms with Gasteiger partial charge in [-0.2, -0.15) is 18.4 Å². The van der Waals surface area contributed by atoms with Gasteiger partial charge in [0.15, 0.2) is 0 Å². The zero-order valence-corrected chi connectivity index (χ0v) is 19.0. The van der Waals surface area contributed by atoms with Gasteiger partial charge in [0, 0.05) is 5.41 Å². The molecule has 4 rings (SSSR count). The number of halogens is 3. The van der Waals surface area contributed by atoms with Crippen LogP contribution in [-0.2, 0) is 16.3 Å². The van der Waals surface area contributed by atoms with Crippen molar-refractivity contribution in [2.45, 2.75) is 37.5 Å². The lowest BCUT2D eigenvalue weighted by Gasteiger charge is -2.38. The van der Waals surface area contributed by atoms with Gasteiger partial charge in [0.1, 0.15) is 0 Å². The van der Waals surface area contributed by atoms with Crippen LogP contribution in [0.5, 0.6) is 0 Å². The molecule has 0 aromatic heterocycles. The summed E-state index contributed by atoms with van der Waals surface area (Å²) in [5.41, 5.74) is 2.33. The van der Waals surface area contributed by atoms with E-state index in [2.05, 4.69) is 17.4 Å². The van der Waals surface area contributed by atoms with E-state index in [9.17, 15) is 13.2 Å². The molecule has 0 amide bonds. The Morgan fingerprint density at radius 3 is 2.26 bits per heavy atom. The van der Waals surface area contributed by atoms with Crippen LogP contribution >= 0.6 is 0 Å². The Morgan fingerprint density at radius 1 is 0.971 bits per heavy atom. The fourth-order valence-electron chi connectivity index (χ4n) is 4.55. The van der Waals surface area contributed by atoms with Crippen LogP contribution in [0, 0.1) is 11.3 Å². The number of nitriles is 1. The number of benzene rings is 3. The summed E-state index contributed by atoms with van der Waals surface area (Å²) in [6, 6.07) is 22.9. The lowest BCUT2D eigenvalue weighted by molar-refractivity contribution is -0.137. The second-order valence-electron chi connectivity index (χ2n) is 8.88. The summed E-state index contributed by atoms with van der Waals surface area (Å²) in [6.45, 7) is 3.98. The van der Waals surface area contributed by atoms with E-state index < -0.39 is 17.8 Å². The molecule has 3 aromatic rings. The first-order valence-corrected chi connectivity index (χ1v) is 11.4. The van der Waals surface area contributed by atoms with Crippen LogP contribution in [0.15, 0.2) is 72.8 Å². The van der Waals surface area contributed by atoms with Gasteiger partial charge >= 0.3 is 6.18 Å². The number of nitrogens with zero attached hydrogens (tertiary/aromatic N) is 1. The van der Waals surface area contributed by atoms with E-state index in [-0.39, 0.29) is 5.41 Å². The molecule has 1 atom stereocenters. The van der Waals surface area contributed by atoms with Crippen molar-refractivity contribution in [2.75, 3.05) is 19.7 Å². The quantitative estimate of drug-likeness (QED) is 0.445. The number of piperidine rings is 1. The highest BCUT2D eigenvalue weighted by Gasteiger charge is 2.35. The van der Waals surface area contributed by atoms with Crippen molar-refractivity contribution in [2.24, 2.45) is 0 Å². The number of ether oxygens (including phenoxy) is 1. The van der Waals surface area contributed by atoms with Gasteiger partial charge in [0.05, 0.1) is 29.9 Å². The molecule has 1 aliphatic heterocycles. The molecular weight excluding hydrogens is 437 g/mol. The van der Waals surface area contributed by atoms with E-state index in [0.29, 0.717) is 28.9 Å². The third-order valence-corrected chi connectivity index (χ3v) is 6.66. The molecule has 1 aliphatic rings. The molecular formula is C28H27F3N2O. The van der Waals surface area contributed by atoms with Crippen LogP contribution in [-0.4, -0.2) is 19.7 Å². The largest absolute Gasteiger partial charge is 0.416 e. The highest BCUT2D eigenvalue weighted by Crippen LogP contribution is 2.38.